The summed E-state index contributed by atoms with van der Waals surface area (Å²) in [6.45, 7) is 5.99. The van der Waals surface area contributed by atoms with Crippen molar-refractivity contribution in [3.8, 4) is 39.1 Å². The maximum absolute atomic E-state index is 13.4. The van der Waals surface area contributed by atoms with E-state index in [1.165, 1.54) is 7.11 Å². The lowest BCUT2D eigenvalue weighted by atomic mass is 9.86. The van der Waals surface area contributed by atoms with Crippen LogP contribution >= 0.6 is 11.3 Å². The number of ether oxygens (including phenoxy) is 2. The number of nitrogens with one attached hydrogen (secondary N) is 3. The van der Waals surface area contributed by atoms with Gasteiger partial charge in [-0.25, -0.2) is 18.2 Å². The minimum atomic E-state index is -3.62. The summed E-state index contributed by atoms with van der Waals surface area (Å²) in [6, 6.07) is 32.1. The number of carbonyl (C=O) groups is 1. The van der Waals surface area contributed by atoms with Crippen LogP contribution in [0.25, 0.3) is 32.6 Å². The SMILES string of the molecule is COc1c(NC(=O)Nc2ccc(Oc3cccc(-c4nc(-c5ccccc5)cs4)c3)c3ccccc23)cc(C(C)(C)C)cc1NS(C)(=O)=O. The fraction of sp³-hybridized carbons (Fsp3) is 0.158. The monoisotopic (exact) mass is 692 g/mol. The van der Waals surface area contributed by atoms with Crippen molar-refractivity contribution in [3.05, 3.63) is 114 Å². The first-order valence-corrected chi connectivity index (χ1v) is 18.2. The van der Waals surface area contributed by atoms with E-state index in [0.717, 1.165) is 44.4 Å². The lowest BCUT2D eigenvalue weighted by Gasteiger charge is -2.24. The molecule has 5 aromatic carbocycles. The highest BCUT2D eigenvalue weighted by Crippen LogP contribution is 2.40. The van der Waals surface area contributed by atoms with Crippen LogP contribution in [0.3, 0.4) is 0 Å². The van der Waals surface area contributed by atoms with E-state index in [1.54, 1.807) is 29.5 Å². The van der Waals surface area contributed by atoms with E-state index in [0.29, 0.717) is 22.9 Å². The molecular formula is C38H36N4O5S2. The van der Waals surface area contributed by atoms with Crippen molar-refractivity contribution in [2.75, 3.05) is 28.7 Å². The Kier molecular flexibility index (Phi) is 9.31. The molecule has 0 aliphatic heterocycles. The Morgan fingerprint density at radius 3 is 2.16 bits per heavy atom. The lowest BCUT2D eigenvalue weighted by Crippen LogP contribution is -2.22. The lowest BCUT2D eigenvalue weighted by molar-refractivity contribution is 0.262. The summed E-state index contributed by atoms with van der Waals surface area (Å²) < 4.78 is 38.7. The third kappa shape index (κ3) is 7.85. The van der Waals surface area contributed by atoms with Gasteiger partial charge in [0.15, 0.2) is 5.75 Å². The predicted octanol–water partition coefficient (Wildman–Crippen LogP) is 9.74. The third-order valence-electron chi connectivity index (χ3n) is 7.72. The van der Waals surface area contributed by atoms with Gasteiger partial charge < -0.3 is 20.1 Å². The molecule has 0 saturated heterocycles. The highest BCUT2D eigenvalue weighted by molar-refractivity contribution is 7.92. The molecule has 49 heavy (non-hydrogen) atoms. The van der Waals surface area contributed by atoms with Gasteiger partial charge in [0, 0.05) is 27.3 Å². The number of benzene rings is 5. The Morgan fingerprint density at radius 1 is 0.776 bits per heavy atom. The zero-order valence-electron chi connectivity index (χ0n) is 27.7. The summed E-state index contributed by atoms with van der Waals surface area (Å²) in [6.07, 6.45) is 1.06. The van der Waals surface area contributed by atoms with Gasteiger partial charge in [0.1, 0.15) is 16.5 Å². The number of amides is 2. The molecular weight excluding hydrogens is 657 g/mol. The van der Waals surface area contributed by atoms with Crippen molar-refractivity contribution in [2.45, 2.75) is 26.2 Å². The first-order chi connectivity index (χ1) is 23.4. The van der Waals surface area contributed by atoms with Crippen LogP contribution in [-0.4, -0.2) is 32.8 Å². The third-order valence-corrected chi connectivity index (χ3v) is 9.20. The number of anilines is 3. The van der Waals surface area contributed by atoms with Gasteiger partial charge in [-0.05, 0) is 47.4 Å². The number of nitrogens with zero attached hydrogens (tertiary/aromatic N) is 1. The topological polar surface area (TPSA) is 119 Å². The van der Waals surface area contributed by atoms with Crippen molar-refractivity contribution < 1.29 is 22.7 Å². The van der Waals surface area contributed by atoms with Crippen LogP contribution in [0.15, 0.2) is 109 Å². The van der Waals surface area contributed by atoms with E-state index in [4.69, 9.17) is 14.5 Å². The van der Waals surface area contributed by atoms with Crippen LogP contribution in [0, 0.1) is 0 Å². The molecule has 250 valence electrons. The van der Waals surface area contributed by atoms with Crippen LogP contribution < -0.4 is 24.8 Å². The number of carbonyl (C=O) groups excluding carboxylic acids is 1. The van der Waals surface area contributed by atoms with Crippen molar-refractivity contribution in [1.29, 1.82) is 0 Å². The molecule has 0 aliphatic rings. The summed E-state index contributed by atoms with van der Waals surface area (Å²) >= 11 is 1.58. The summed E-state index contributed by atoms with van der Waals surface area (Å²) in [4.78, 5) is 18.3. The van der Waals surface area contributed by atoms with Gasteiger partial charge in [-0.15, -0.1) is 11.3 Å². The second-order valence-electron chi connectivity index (χ2n) is 12.5. The van der Waals surface area contributed by atoms with Gasteiger partial charge in [-0.3, -0.25) is 4.72 Å². The number of hydrogen-bond acceptors (Lipinski definition) is 7. The number of methoxy groups -OCH3 is 1. The fourth-order valence-electron chi connectivity index (χ4n) is 5.36. The van der Waals surface area contributed by atoms with Crippen molar-refractivity contribution in [1.82, 2.24) is 4.98 Å². The van der Waals surface area contributed by atoms with Crippen LogP contribution in [0.5, 0.6) is 17.2 Å². The molecule has 1 heterocycles. The molecule has 0 radical (unpaired) electrons. The molecule has 0 bridgehead atoms. The van der Waals surface area contributed by atoms with E-state index in [2.05, 4.69) is 20.7 Å². The maximum atomic E-state index is 13.4. The average molecular weight is 693 g/mol. The summed E-state index contributed by atoms with van der Waals surface area (Å²) in [7, 11) is -2.20. The second kappa shape index (κ2) is 13.6. The van der Waals surface area contributed by atoms with Crippen LogP contribution in [0.1, 0.15) is 26.3 Å². The van der Waals surface area contributed by atoms with Crippen molar-refractivity contribution >= 4 is 55.2 Å². The molecule has 0 aliphatic carbocycles. The molecule has 11 heteroatoms. The van der Waals surface area contributed by atoms with E-state index >= 15 is 0 Å². The van der Waals surface area contributed by atoms with Gasteiger partial charge in [0.2, 0.25) is 10.0 Å². The van der Waals surface area contributed by atoms with Gasteiger partial charge in [-0.2, -0.15) is 0 Å². The molecule has 0 unspecified atom stereocenters. The smallest absolute Gasteiger partial charge is 0.323 e. The Labute approximate surface area is 290 Å². The zero-order valence-corrected chi connectivity index (χ0v) is 29.3. The minimum absolute atomic E-state index is 0.193. The number of hydrogen-bond donors (Lipinski definition) is 3. The number of fused-ring (bicyclic) bond motifs is 1. The first kappa shape index (κ1) is 33.5. The van der Waals surface area contributed by atoms with Crippen LogP contribution in [-0.2, 0) is 15.4 Å². The zero-order chi connectivity index (χ0) is 34.8. The Bertz CT molecular complexity index is 2260. The van der Waals surface area contributed by atoms with Gasteiger partial charge in [0.25, 0.3) is 0 Å². The Hall–Kier alpha value is -5.39. The molecule has 6 aromatic rings. The molecule has 6 rings (SSSR count). The predicted molar refractivity (Wildman–Crippen MR) is 200 cm³/mol. The standard InChI is InChI=1S/C38H36N4O5S2/c1-38(2,3)26-21-31(35(46-4)32(22-26)42-49(5,44)45)41-37(43)40-30-18-19-34(29-17-10-9-16-28(29)30)47-27-15-11-14-25(20-27)36-39-33(23-48-36)24-12-7-6-8-13-24/h6-23,42H,1-5H3,(H2,40,41,43). The molecule has 9 nitrogen and oxygen atoms in total. The number of sulfonamides is 1. The molecule has 0 fully saturated rings. The van der Waals surface area contributed by atoms with Gasteiger partial charge >= 0.3 is 6.03 Å². The second-order valence-corrected chi connectivity index (χ2v) is 15.1. The highest BCUT2D eigenvalue weighted by Gasteiger charge is 2.22. The summed E-state index contributed by atoms with van der Waals surface area (Å²) in [5.74, 6) is 1.47. The average Bonchev–Trinajstić information content (AvgIpc) is 3.56. The van der Waals surface area contributed by atoms with Gasteiger partial charge in [0.05, 0.1) is 36.1 Å². The van der Waals surface area contributed by atoms with E-state index in [1.807, 2.05) is 106 Å². The first-order valence-electron chi connectivity index (χ1n) is 15.5. The minimum Gasteiger partial charge on any atom is -0.492 e. The summed E-state index contributed by atoms with van der Waals surface area (Å²) in [5.41, 5.74) is 4.51. The normalized spacial score (nSPS) is 11.6. The van der Waals surface area contributed by atoms with Crippen molar-refractivity contribution in [2.24, 2.45) is 0 Å². The van der Waals surface area contributed by atoms with E-state index in [-0.39, 0.29) is 16.9 Å². The van der Waals surface area contributed by atoms with Crippen molar-refractivity contribution in [3.63, 3.8) is 0 Å². The molecule has 3 N–H and O–H groups in total. The number of rotatable bonds is 9. The van der Waals surface area contributed by atoms with Crippen LogP contribution in [0.2, 0.25) is 0 Å². The van der Waals surface area contributed by atoms with E-state index in [9.17, 15) is 13.2 Å². The number of aromatic nitrogens is 1. The highest BCUT2D eigenvalue weighted by atomic mass is 32.2. The summed E-state index contributed by atoms with van der Waals surface area (Å²) in [5, 5.41) is 10.3. The quantitative estimate of drug-likeness (QED) is 0.139. The fourth-order valence-corrected chi connectivity index (χ4v) is 6.74. The molecule has 1 aromatic heterocycles. The van der Waals surface area contributed by atoms with Crippen LogP contribution in [0.4, 0.5) is 21.9 Å². The maximum Gasteiger partial charge on any atom is 0.323 e. The molecule has 0 spiro atoms. The largest absolute Gasteiger partial charge is 0.492 e. The van der Waals surface area contributed by atoms with E-state index < -0.39 is 16.1 Å². The number of urea groups is 1. The number of thiazole rings is 1. The molecule has 0 saturated carbocycles. The Morgan fingerprint density at radius 2 is 1.45 bits per heavy atom. The Balaban J connectivity index is 1.25. The van der Waals surface area contributed by atoms with Gasteiger partial charge in [-0.1, -0.05) is 87.5 Å². The molecule has 0 atom stereocenters. The molecule has 2 amide bonds.